The van der Waals surface area contributed by atoms with E-state index in [1.807, 2.05) is 0 Å². The molecule has 0 aliphatic rings. The van der Waals surface area contributed by atoms with Gasteiger partial charge in [0.15, 0.2) is 5.06 Å². The Kier molecular flexibility index (Phi) is 3.81. The smallest absolute Gasteiger partial charge is 0.415 e. The maximum absolute atomic E-state index is 11.5. The third-order valence-corrected chi connectivity index (χ3v) is 5.09. The van der Waals surface area contributed by atoms with Crippen molar-refractivity contribution in [1.29, 1.82) is 0 Å². The molecule has 0 heterocycles. The Morgan fingerprint density at radius 3 is 2.06 bits per heavy atom. The number of benzene rings is 1. The largest absolute Gasteiger partial charge is 0.421 e. The molecule has 1 aromatic rings. The molecule has 0 saturated heterocycles. The fourth-order valence-corrected chi connectivity index (χ4v) is 2.84. The molecule has 0 aliphatic carbocycles. The summed E-state index contributed by atoms with van der Waals surface area (Å²) in [5.41, 5.74) is 5.81. The van der Waals surface area contributed by atoms with Crippen LogP contribution in [0, 0.1) is 0 Å². The average Bonchev–Trinajstić information content (AvgIpc) is 2.19. The van der Waals surface area contributed by atoms with Gasteiger partial charge in [-0.05, 0) is 24.3 Å². The topological polar surface area (TPSA) is 130 Å². The number of rotatable bonds is 4. The molecule has 0 bridgehead atoms. The highest BCUT2D eigenvalue weighted by atomic mass is 31.2. The van der Waals surface area contributed by atoms with Crippen molar-refractivity contribution in [3.8, 4) is 5.75 Å². The average molecular weight is 279 g/mol. The first-order valence-electron chi connectivity index (χ1n) is 4.26. The predicted molar refractivity (Wildman–Crippen MR) is 62.5 cm³/mol. The first-order valence-corrected chi connectivity index (χ1v) is 7.45. The third-order valence-electron chi connectivity index (χ3n) is 1.77. The van der Waals surface area contributed by atoms with Gasteiger partial charge in [0.2, 0.25) is 0 Å². The molecule has 1 unspecified atom stereocenters. The minimum Gasteiger partial charge on any atom is -0.421 e. The van der Waals surface area contributed by atoms with Crippen LogP contribution in [0.4, 0.5) is 5.69 Å². The predicted octanol–water partition coefficient (Wildman–Crippen LogP) is 1.48. The van der Waals surface area contributed by atoms with E-state index >= 15 is 0 Å². The fraction of sp³-hybridized carbons (Fsp3) is 0. The van der Waals surface area contributed by atoms with Crippen molar-refractivity contribution >= 4 is 20.9 Å². The van der Waals surface area contributed by atoms with E-state index in [0.29, 0.717) is 5.69 Å². The molecule has 0 aliphatic heterocycles. The number of anilines is 1. The Balaban J connectivity index is 2.94. The van der Waals surface area contributed by atoms with E-state index in [1.54, 1.807) is 0 Å². The summed E-state index contributed by atoms with van der Waals surface area (Å²) in [6.45, 7) is 2.89. The van der Waals surface area contributed by atoms with Crippen LogP contribution in [0.3, 0.4) is 0 Å². The van der Waals surface area contributed by atoms with Crippen LogP contribution in [0.25, 0.3) is 0 Å². The molecule has 9 heteroatoms. The molecule has 0 fully saturated rings. The lowest BCUT2D eigenvalue weighted by Gasteiger charge is -2.16. The van der Waals surface area contributed by atoms with Crippen molar-refractivity contribution < 1.29 is 28.3 Å². The van der Waals surface area contributed by atoms with Gasteiger partial charge >= 0.3 is 15.2 Å². The lowest BCUT2D eigenvalue weighted by molar-refractivity contribution is 0.370. The van der Waals surface area contributed by atoms with Crippen LogP contribution in [0.15, 0.2) is 35.9 Å². The molecule has 0 saturated carbocycles. The first-order chi connectivity index (χ1) is 7.63. The minimum atomic E-state index is -4.88. The van der Waals surface area contributed by atoms with Crippen molar-refractivity contribution in [2.75, 3.05) is 5.73 Å². The Hall–Kier alpha value is -1.10. The molecule has 5 N–H and O–H groups in total. The summed E-state index contributed by atoms with van der Waals surface area (Å²) in [5, 5.41) is -1.15. The van der Waals surface area contributed by atoms with E-state index in [4.69, 9.17) is 15.5 Å². The maximum Gasteiger partial charge on any atom is 0.415 e. The maximum atomic E-state index is 11.5. The molecular formula is C8H11NO6P2. The molecule has 1 atom stereocenters. The SMILES string of the molecule is C=C(P(=O)(O)O)P(=O)(O)Oc1ccc(N)cc1. The van der Waals surface area contributed by atoms with E-state index in [9.17, 15) is 14.0 Å². The van der Waals surface area contributed by atoms with E-state index in [2.05, 4.69) is 11.1 Å². The van der Waals surface area contributed by atoms with Gasteiger partial charge in [-0.15, -0.1) is 0 Å². The van der Waals surface area contributed by atoms with E-state index in [0.717, 1.165) is 0 Å². The molecule has 7 nitrogen and oxygen atoms in total. The quantitative estimate of drug-likeness (QED) is 0.485. The van der Waals surface area contributed by atoms with Gasteiger partial charge in [0.1, 0.15) is 5.75 Å². The standard InChI is InChI=1S/C8H11NO6P2/c1-6(16(10,11)12)17(13,14)15-8-4-2-7(9)3-5-8/h2-5H,1,9H2,(H,13,14)(H2,10,11,12). The zero-order valence-electron chi connectivity index (χ0n) is 8.55. The van der Waals surface area contributed by atoms with Crippen LogP contribution < -0.4 is 10.3 Å². The van der Waals surface area contributed by atoms with Crippen molar-refractivity contribution in [1.82, 2.24) is 0 Å². The monoisotopic (exact) mass is 279 g/mol. The van der Waals surface area contributed by atoms with Gasteiger partial charge in [0.25, 0.3) is 0 Å². The fourth-order valence-electron chi connectivity index (χ4n) is 0.889. The summed E-state index contributed by atoms with van der Waals surface area (Å²) in [5.74, 6) is -0.0420. The second-order valence-electron chi connectivity index (χ2n) is 3.14. The molecule has 94 valence electrons. The van der Waals surface area contributed by atoms with Crippen LogP contribution >= 0.6 is 15.2 Å². The number of nitrogen functional groups attached to an aromatic ring is 1. The Bertz CT molecular complexity index is 519. The first kappa shape index (κ1) is 14.0. The van der Waals surface area contributed by atoms with Crippen molar-refractivity contribution in [2.24, 2.45) is 0 Å². The summed E-state index contributed by atoms with van der Waals surface area (Å²) in [4.78, 5) is 26.8. The van der Waals surface area contributed by atoms with E-state index in [1.165, 1.54) is 24.3 Å². The van der Waals surface area contributed by atoms with Gasteiger partial charge in [-0.1, -0.05) is 6.58 Å². The molecule has 0 spiro atoms. The van der Waals surface area contributed by atoms with Crippen LogP contribution in [0.5, 0.6) is 5.75 Å². The van der Waals surface area contributed by atoms with Gasteiger partial charge in [-0.25, -0.2) is 4.57 Å². The van der Waals surface area contributed by atoms with Gasteiger partial charge in [0, 0.05) is 5.69 Å². The van der Waals surface area contributed by atoms with Crippen LogP contribution in [-0.4, -0.2) is 14.7 Å². The number of hydrogen-bond donors (Lipinski definition) is 4. The lowest BCUT2D eigenvalue weighted by atomic mass is 10.3. The summed E-state index contributed by atoms with van der Waals surface area (Å²) in [6.07, 6.45) is 0. The second kappa shape index (κ2) is 4.64. The van der Waals surface area contributed by atoms with Gasteiger partial charge in [0.05, 0.1) is 0 Å². The normalized spacial score (nSPS) is 15.0. The van der Waals surface area contributed by atoms with Crippen molar-refractivity contribution in [3.63, 3.8) is 0 Å². The van der Waals surface area contributed by atoms with Crippen LogP contribution in [0.2, 0.25) is 0 Å². The van der Waals surface area contributed by atoms with Crippen molar-refractivity contribution in [3.05, 3.63) is 35.9 Å². The summed E-state index contributed by atoms with van der Waals surface area (Å²) >= 11 is 0. The highest BCUT2D eigenvalue weighted by Gasteiger charge is 2.38. The van der Waals surface area contributed by atoms with Crippen LogP contribution in [0.1, 0.15) is 0 Å². The van der Waals surface area contributed by atoms with Gasteiger partial charge < -0.3 is 24.9 Å². The summed E-state index contributed by atoms with van der Waals surface area (Å²) in [7, 11) is -9.52. The Morgan fingerprint density at radius 1 is 1.18 bits per heavy atom. The molecule has 0 amide bonds. The Morgan fingerprint density at radius 2 is 1.65 bits per heavy atom. The number of nitrogens with two attached hydrogens (primary N) is 1. The highest BCUT2D eigenvalue weighted by molar-refractivity contribution is 7.77. The summed E-state index contributed by atoms with van der Waals surface area (Å²) < 4.78 is 26.9. The molecule has 0 aromatic heterocycles. The Labute approximate surface area is 97.2 Å². The molecule has 1 aromatic carbocycles. The van der Waals surface area contributed by atoms with Crippen molar-refractivity contribution in [2.45, 2.75) is 0 Å². The third kappa shape index (κ3) is 3.70. The van der Waals surface area contributed by atoms with E-state index in [-0.39, 0.29) is 5.75 Å². The second-order valence-corrected chi connectivity index (χ2v) is 6.88. The van der Waals surface area contributed by atoms with Gasteiger partial charge in [-0.2, -0.15) is 0 Å². The molecule has 1 rings (SSSR count). The minimum absolute atomic E-state index is 0.0420. The van der Waals surface area contributed by atoms with Crippen LogP contribution in [-0.2, 0) is 9.13 Å². The zero-order chi connectivity index (χ0) is 13.3. The molecule has 0 radical (unpaired) electrons. The lowest BCUT2D eigenvalue weighted by Crippen LogP contribution is -1.96. The van der Waals surface area contributed by atoms with E-state index < -0.39 is 20.2 Å². The molecular weight excluding hydrogens is 268 g/mol. The van der Waals surface area contributed by atoms with Gasteiger partial charge in [-0.3, -0.25) is 4.57 Å². The highest BCUT2D eigenvalue weighted by Crippen LogP contribution is 2.65. The zero-order valence-corrected chi connectivity index (χ0v) is 10.3. The molecule has 17 heavy (non-hydrogen) atoms. The summed E-state index contributed by atoms with van der Waals surface area (Å²) in [6, 6.07) is 5.42. The number of hydrogen-bond acceptors (Lipinski definition) is 4.